The molecule has 2 N–H and O–H groups in total. The summed E-state index contributed by atoms with van der Waals surface area (Å²) < 4.78 is 0. The first-order valence-electron chi connectivity index (χ1n) is 5.40. The molecule has 0 saturated carbocycles. The minimum absolute atomic E-state index is 0.155. The molecule has 1 aliphatic rings. The van der Waals surface area contributed by atoms with E-state index in [1.807, 2.05) is 6.08 Å². The summed E-state index contributed by atoms with van der Waals surface area (Å²) in [4.78, 5) is 2.36. The predicted octanol–water partition coefficient (Wildman–Crippen LogP) is 0.606. The molecule has 0 amide bonds. The number of aliphatic hydroxyl groups is 1. The third-order valence-electron chi connectivity index (χ3n) is 2.75. The van der Waals surface area contributed by atoms with Crippen molar-refractivity contribution < 1.29 is 5.11 Å². The lowest BCUT2D eigenvalue weighted by atomic mass is 10.1. The van der Waals surface area contributed by atoms with Gasteiger partial charge in [0.1, 0.15) is 0 Å². The van der Waals surface area contributed by atoms with E-state index >= 15 is 0 Å². The van der Waals surface area contributed by atoms with Gasteiger partial charge in [0.15, 0.2) is 0 Å². The molecule has 3 heteroatoms. The number of β-amino-alcohol motifs (C(OH)–C–C–N with tert-alkyl or cyclic N) is 1. The van der Waals surface area contributed by atoms with Crippen molar-refractivity contribution in [1.29, 1.82) is 0 Å². The molecule has 1 fully saturated rings. The van der Waals surface area contributed by atoms with Crippen LogP contribution in [-0.2, 0) is 0 Å². The van der Waals surface area contributed by atoms with Crippen LogP contribution >= 0.6 is 0 Å². The monoisotopic (exact) mass is 198 g/mol. The molecule has 1 saturated heterocycles. The maximum Gasteiger partial charge on any atom is 0.0680 e. The normalized spacial score (nSPS) is 27.5. The molecular formula is C11H22N2O. The van der Waals surface area contributed by atoms with E-state index in [1.165, 1.54) is 0 Å². The van der Waals surface area contributed by atoms with Crippen molar-refractivity contribution in [1.82, 2.24) is 10.2 Å². The zero-order chi connectivity index (χ0) is 10.6. The molecule has 2 unspecified atom stereocenters. The van der Waals surface area contributed by atoms with Gasteiger partial charge >= 0.3 is 0 Å². The van der Waals surface area contributed by atoms with Crippen LogP contribution in [-0.4, -0.2) is 47.8 Å². The fourth-order valence-corrected chi connectivity index (χ4v) is 1.88. The van der Waals surface area contributed by atoms with Crippen molar-refractivity contribution in [2.24, 2.45) is 0 Å². The summed E-state index contributed by atoms with van der Waals surface area (Å²) in [7, 11) is 0. The van der Waals surface area contributed by atoms with Crippen molar-refractivity contribution in [3.8, 4) is 0 Å². The van der Waals surface area contributed by atoms with Crippen molar-refractivity contribution in [3.05, 3.63) is 12.7 Å². The van der Waals surface area contributed by atoms with Gasteiger partial charge in [0.05, 0.1) is 6.10 Å². The summed E-state index contributed by atoms with van der Waals surface area (Å²) in [5.41, 5.74) is 0. The number of rotatable bonds is 5. The fraction of sp³-hybridized carbons (Fsp3) is 0.818. The maximum atomic E-state index is 9.38. The van der Waals surface area contributed by atoms with E-state index in [9.17, 15) is 5.11 Å². The largest absolute Gasteiger partial charge is 0.392 e. The van der Waals surface area contributed by atoms with Gasteiger partial charge in [0.2, 0.25) is 0 Å². The Hall–Kier alpha value is -0.380. The van der Waals surface area contributed by atoms with Crippen LogP contribution < -0.4 is 5.32 Å². The molecule has 0 aromatic rings. The van der Waals surface area contributed by atoms with Crippen LogP contribution in [0, 0.1) is 0 Å². The minimum Gasteiger partial charge on any atom is -0.392 e. The first-order valence-corrected chi connectivity index (χ1v) is 5.40. The van der Waals surface area contributed by atoms with Crippen LogP contribution in [0.3, 0.4) is 0 Å². The highest BCUT2D eigenvalue weighted by molar-refractivity contribution is 4.86. The van der Waals surface area contributed by atoms with Crippen molar-refractivity contribution in [2.75, 3.05) is 19.6 Å². The minimum atomic E-state index is -0.155. The first kappa shape index (κ1) is 11.7. The van der Waals surface area contributed by atoms with Gasteiger partial charge in [-0.15, -0.1) is 6.58 Å². The highest BCUT2D eigenvalue weighted by Crippen LogP contribution is 2.09. The van der Waals surface area contributed by atoms with E-state index in [-0.39, 0.29) is 6.10 Å². The van der Waals surface area contributed by atoms with Crippen LogP contribution in [0.2, 0.25) is 0 Å². The lowest BCUT2D eigenvalue weighted by Crippen LogP contribution is -2.41. The third kappa shape index (κ3) is 3.40. The van der Waals surface area contributed by atoms with Gasteiger partial charge in [-0.2, -0.15) is 0 Å². The Morgan fingerprint density at radius 3 is 2.79 bits per heavy atom. The Morgan fingerprint density at radius 2 is 2.36 bits per heavy atom. The Bertz CT molecular complexity index is 182. The Kier molecular flexibility index (Phi) is 4.58. The van der Waals surface area contributed by atoms with E-state index in [2.05, 4.69) is 30.6 Å². The van der Waals surface area contributed by atoms with Gasteiger partial charge in [-0.25, -0.2) is 0 Å². The quantitative estimate of drug-likeness (QED) is 0.635. The van der Waals surface area contributed by atoms with E-state index in [1.54, 1.807) is 0 Å². The number of hydrogen-bond donors (Lipinski definition) is 2. The molecule has 1 aliphatic heterocycles. The van der Waals surface area contributed by atoms with Crippen LogP contribution in [0.4, 0.5) is 0 Å². The van der Waals surface area contributed by atoms with Gasteiger partial charge in [-0.05, 0) is 20.3 Å². The van der Waals surface area contributed by atoms with Crippen molar-refractivity contribution in [3.63, 3.8) is 0 Å². The lowest BCUT2D eigenvalue weighted by Gasteiger charge is -2.27. The molecule has 14 heavy (non-hydrogen) atoms. The van der Waals surface area contributed by atoms with E-state index in [0.29, 0.717) is 12.1 Å². The van der Waals surface area contributed by atoms with E-state index < -0.39 is 0 Å². The number of nitrogens with zero attached hydrogens (tertiary/aromatic N) is 1. The van der Waals surface area contributed by atoms with Crippen molar-refractivity contribution in [2.45, 2.75) is 38.5 Å². The van der Waals surface area contributed by atoms with Gasteiger partial charge in [-0.1, -0.05) is 6.08 Å². The molecule has 0 aliphatic carbocycles. The number of aliphatic hydroxyl groups excluding tert-OH is 1. The summed E-state index contributed by atoms with van der Waals surface area (Å²) >= 11 is 0. The Balaban J connectivity index is 2.35. The molecule has 82 valence electrons. The lowest BCUT2D eigenvalue weighted by molar-refractivity contribution is 0.183. The summed E-state index contributed by atoms with van der Waals surface area (Å²) in [5.74, 6) is 0. The topological polar surface area (TPSA) is 35.5 Å². The molecule has 0 aromatic carbocycles. The molecule has 1 rings (SSSR count). The average Bonchev–Trinajstić information content (AvgIpc) is 2.50. The zero-order valence-corrected chi connectivity index (χ0v) is 9.24. The molecular weight excluding hydrogens is 176 g/mol. The maximum absolute atomic E-state index is 9.38. The van der Waals surface area contributed by atoms with Gasteiger partial charge in [0, 0.05) is 31.7 Å². The molecule has 2 atom stereocenters. The molecule has 1 heterocycles. The highest BCUT2D eigenvalue weighted by atomic mass is 16.3. The van der Waals surface area contributed by atoms with Gasteiger partial charge < -0.3 is 10.4 Å². The average molecular weight is 198 g/mol. The summed E-state index contributed by atoms with van der Waals surface area (Å²) in [6.07, 6.45) is 2.66. The SMILES string of the molecule is C=CCN(CC1CC(O)CN1)C(C)C. The molecule has 0 aromatic heterocycles. The summed E-state index contributed by atoms with van der Waals surface area (Å²) in [6.45, 7) is 10.8. The second-order valence-corrected chi connectivity index (χ2v) is 4.33. The number of nitrogens with one attached hydrogen (secondary N) is 1. The first-order chi connectivity index (χ1) is 6.63. The van der Waals surface area contributed by atoms with Crippen LogP contribution in [0.15, 0.2) is 12.7 Å². The standard InChI is InChI=1S/C11H22N2O/c1-4-5-13(9(2)3)8-10-6-11(14)7-12-10/h4,9-12,14H,1,5-8H2,2-3H3. The van der Waals surface area contributed by atoms with Crippen molar-refractivity contribution >= 4 is 0 Å². The van der Waals surface area contributed by atoms with E-state index in [4.69, 9.17) is 0 Å². The number of hydrogen-bond acceptors (Lipinski definition) is 3. The van der Waals surface area contributed by atoms with Crippen LogP contribution in [0.25, 0.3) is 0 Å². The zero-order valence-electron chi connectivity index (χ0n) is 9.24. The van der Waals surface area contributed by atoms with Gasteiger partial charge in [0.25, 0.3) is 0 Å². The summed E-state index contributed by atoms with van der Waals surface area (Å²) in [5, 5.41) is 12.7. The molecule has 0 spiro atoms. The Labute approximate surface area is 86.8 Å². The Morgan fingerprint density at radius 1 is 1.64 bits per heavy atom. The van der Waals surface area contributed by atoms with Crippen LogP contribution in [0.5, 0.6) is 0 Å². The molecule has 0 bridgehead atoms. The molecule has 0 radical (unpaired) electrons. The van der Waals surface area contributed by atoms with Crippen LogP contribution in [0.1, 0.15) is 20.3 Å². The smallest absolute Gasteiger partial charge is 0.0680 e. The second kappa shape index (κ2) is 5.49. The molecule has 3 nitrogen and oxygen atoms in total. The summed E-state index contributed by atoms with van der Waals surface area (Å²) in [6, 6.07) is 0.972. The van der Waals surface area contributed by atoms with E-state index in [0.717, 1.165) is 26.1 Å². The van der Waals surface area contributed by atoms with Gasteiger partial charge in [-0.3, -0.25) is 4.90 Å². The predicted molar refractivity (Wildman–Crippen MR) is 59.3 cm³/mol. The fourth-order valence-electron chi connectivity index (χ4n) is 1.88. The third-order valence-corrected chi connectivity index (χ3v) is 2.75. The second-order valence-electron chi connectivity index (χ2n) is 4.33. The highest BCUT2D eigenvalue weighted by Gasteiger charge is 2.24.